The van der Waals surface area contributed by atoms with Crippen LogP contribution in [0.2, 0.25) is 0 Å². The third-order valence-corrected chi connectivity index (χ3v) is 4.66. The molecule has 0 aliphatic carbocycles. The van der Waals surface area contributed by atoms with Crippen LogP contribution >= 0.6 is 0 Å². The summed E-state index contributed by atoms with van der Waals surface area (Å²) in [6.45, 7) is 2.64. The summed E-state index contributed by atoms with van der Waals surface area (Å²) in [5, 5.41) is 11.0. The van der Waals surface area contributed by atoms with Crippen LogP contribution in [0, 0.1) is 0 Å². The molecule has 1 aliphatic rings. The SMILES string of the molecule is CN(CCNC(=O)O)C1CCN(C(=O)CCc2nccn2C)CC1. The van der Waals surface area contributed by atoms with Crippen LogP contribution in [0.25, 0.3) is 0 Å². The molecule has 24 heavy (non-hydrogen) atoms. The number of piperidine rings is 1. The first-order valence-corrected chi connectivity index (χ1v) is 8.38. The van der Waals surface area contributed by atoms with Crippen molar-refractivity contribution in [1.82, 2.24) is 24.7 Å². The van der Waals surface area contributed by atoms with E-state index in [-0.39, 0.29) is 5.91 Å². The zero-order chi connectivity index (χ0) is 17.5. The van der Waals surface area contributed by atoms with Gasteiger partial charge in [-0.1, -0.05) is 0 Å². The van der Waals surface area contributed by atoms with E-state index in [1.165, 1.54) is 0 Å². The topological polar surface area (TPSA) is 90.7 Å². The van der Waals surface area contributed by atoms with E-state index in [1.54, 1.807) is 6.20 Å². The van der Waals surface area contributed by atoms with Gasteiger partial charge in [-0.05, 0) is 19.9 Å². The Balaban J connectivity index is 1.68. The van der Waals surface area contributed by atoms with Crippen molar-refractivity contribution in [3.05, 3.63) is 18.2 Å². The number of carboxylic acid groups (broad SMARTS) is 1. The van der Waals surface area contributed by atoms with Crippen LogP contribution in [0.1, 0.15) is 25.1 Å². The van der Waals surface area contributed by atoms with E-state index in [9.17, 15) is 9.59 Å². The summed E-state index contributed by atoms with van der Waals surface area (Å²) in [5.74, 6) is 1.12. The van der Waals surface area contributed by atoms with Crippen molar-refractivity contribution < 1.29 is 14.7 Å². The summed E-state index contributed by atoms with van der Waals surface area (Å²) in [7, 11) is 3.94. The number of hydrogen-bond donors (Lipinski definition) is 2. The highest BCUT2D eigenvalue weighted by molar-refractivity contribution is 5.76. The van der Waals surface area contributed by atoms with Crippen LogP contribution in [0.3, 0.4) is 0 Å². The molecule has 1 aliphatic heterocycles. The molecule has 2 heterocycles. The predicted octanol–water partition coefficient (Wildman–Crippen LogP) is 0.543. The first-order valence-electron chi connectivity index (χ1n) is 8.38. The zero-order valence-electron chi connectivity index (χ0n) is 14.4. The molecule has 2 amide bonds. The molecule has 2 N–H and O–H groups in total. The molecule has 8 heteroatoms. The van der Waals surface area contributed by atoms with Crippen molar-refractivity contribution in [3.63, 3.8) is 0 Å². The van der Waals surface area contributed by atoms with Crippen LogP contribution in [0.15, 0.2) is 12.4 Å². The molecule has 0 unspecified atom stereocenters. The number of amides is 2. The third kappa shape index (κ3) is 5.23. The number of aromatic nitrogens is 2. The molecule has 0 saturated carbocycles. The maximum absolute atomic E-state index is 12.3. The minimum absolute atomic E-state index is 0.187. The fourth-order valence-electron chi connectivity index (χ4n) is 3.09. The summed E-state index contributed by atoms with van der Waals surface area (Å²) < 4.78 is 1.94. The van der Waals surface area contributed by atoms with Crippen molar-refractivity contribution >= 4 is 12.0 Å². The van der Waals surface area contributed by atoms with Crippen molar-refractivity contribution in [3.8, 4) is 0 Å². The lowest BCUT2D eigenvalue weighted by Crippen LogP contribution is -2.47. The Hall–Kier alpha value is -2.09. The van der Waals surface area contributed by atoms with Gasteiger partial charge in [0.2, 0.25) is 5.91 Å². The van der Waals surface area contributed by atoms with Crippen molar-refractivity contribution in [1.29, 1.82) is 0 Å². The highest BCUT2D eigenvalue weighted by Gasteiger charge is 2.25. The van der Waals surface area contributed by atoms with Gasteiger partial charge < -0.3 is 24.8 Å². The summed E-state index contributed by atoms with van der Waals surface area (Å²) >= 11 is 0. The Labute approximate surface area is 142 Å². The molecule has 2 rings (SSSR count). The molecule has 0 aromatic carbocycles. The Morgan fingerprint density at radius 2 is 2.12 bits per heavy atom. The van der Waals surface area contributed by atoms with E-state index in [1.807, 2.05) is 29.8 Å². The van der Waals surface area contributed by atoms with Gasteiger partial charge in [0.05, 0.1) is 0 Å². The number of likely N-dealkylation sites (tertiary alicyclic amines) is 1. The van der Waals surface area contributed by atoms with Gasteiger partial charge >= 0.3 is 6.09 Å². The maximum Gasteiger partial charge on any atom is 0.404 e. The van der Waals surface area contributed by atoms with Crippen LogP contribution < -0.4 is 5.32 Å². The van der Waals surface area contributed by atoms with Gasteiger partial charge in [-0.25, -0.2) is 9.78 Å². The van der Waals surface area contributed by atoms with Gasteiger partial charge in [0, 0.05) is 64.5 Å². The molecule has 0 spiro atoms. The van der Waals surface area contributed by atoms with Gasteiger partial charge in [0.25, 0.3) is 0 Å². The number of hydrogen-bond acceptors (Lipinski definition) is 4. The minimum atomic E-state index is -0.989. The summed E-state index contributed by atoms with van der Waals surface area (Å²) in [5.41, 5.74) is 0. The molecular weight excluding hydrogens is 310 g/mol. The number of nitrogens with zero attached hydrogens (tertiary/aromatic N) is 4. The van der Waals surface area contributed by atoms with Crippen LogP contribution in [-0.4, -0.2) is 75.7 Å². The molecular formula is C16H27N5O3. The van der Waals surface area contributed by atoms with Crippen LogP contribution in [0.4, 0.5) is 4.79 Å². The number of imidazole rings is 1. The lowest BCUT2D eigenvalue weighted by Gasteiger charge is -2.36. The Kier molecular flexibility index (Phi) is 6.60. The fraction of sp³-hybridized carbons (Fsp3) is 0.688. The van der Waals surface area contributed by atoms with Crippen molar-refractivity contribution in [2.24, 2.45) is 7.05 Å². The van der Waals surface area contributed by atoms with E-state index in [0.29, 0.717) is 32.0 Å². The Bertz CT molecular complexity index is 552. The predicted molar refractivity (Wildman–Crippen MR) is 89.8 cm³/mol. The average molecular weight is 337 g/mol. The second kappa shape index (κ2) is 8.68. The van der Waals surface area contributed by atoms with E-state index in [4.69, 9.17) is 5.11 Å². The Morgan fingerprint density at radius 3 is 2.71 bits per heavy atom. The van der Waals surface area contributed by atoms with Crippen molar-refractivity contribution in [2.45, 2.75) is 31.7 Å². The number of likely N-dealkylation sites (N-methyl/N-ethyl adjacent to an activating group) is 1. The smallest absolute Gasteiger partial charge is 0.404 e. The number of nitrogens with one attached hydrogen (secondary N) is 1. The van der Waals surface area contributed by atoms with E-state index in [2.05, 4.69) is 15.2 Å². The molecule has 134 valence electrons. The molecule has 1 saturated heterocycles. The molecule has 1 fully saturated rings. The highest BCUT2D eigenvalue weighted by atomic mass is 16.4. The lowest BCUT2D eigenvalue weighted by molar-refractivity contribution is -0.132. The highest BCUT2D eigenvalue weighted by Crippen LogP contribution is 2.16. The quantitative estimate of drug-likeness (QED) is 0.758. The second-order valence-electron chi connectivity index (χ2n) is 6.28. The molecule has 0 radical (unpaired) electrons. The normalized spacial score (nSPS) is 15.7. The summed E-state index contributed by atoms with van der Waals surface area (Å²) in [6, 6.07) is 0.402. The van der Waals surface area contributed by atoms with Gasteiger partial charge in [-0.15, -0.1) is 0 Å². The molecule has 1 aromatic rings. The zero-order valence-corrected chi connectivity index (χ0v) is 14.4. The van der Waals surface area contributed by atoms with Gasteiger partial charge in [-0.3, -0.25) is 4.79 Å². The van der Waals surface area contributed by atoms with E-state index in [0.717, 1.165) is 31.8 Å². The Morgan fingerprint density at radius 1 is 1.42 bits per heavy atom. The monoisotopic (exact) mass is 337 g/mol. The van der Waals surface area contributed by atoms with E-state index < -0.39 is 6.09 Å². The first-order chi connectivity index (χ1) is 11.5. The van der Waals surface area contributed by atoms with Gasteiger partial charge in [-0.2, -0.15) is 0 Å². The number of carbonyl (C=O) groups excluding carboxylic acids is 1. The average Bonchev–Trinajstić information content (AvgIpc) is 2.97. The number of rotatable bonds is 7. The van der Waals surface area contributed by atoms with Crippen LogP contribution in [0.5, 0.6) is 0 Å². The van der Waals surface area contributed by atoms with E-state index >= 15 is 0 Å². The minimum Gasteiger partial charge on any atom is -0.465 e. The third-order valence-electron chi connectivity index (χ3n) is 4.66. The largest absolute Gasteiger partial charge is 0.465 e. The molecule has 1 aromatic heterocycles. The van der Waals surface area contributed by atoms with Gasteiger partial charge in [0.1, 0.15) is 5.82 Å². The van der Waals surface area contributed by atoms with Crippen LogP contribution in [-0.2, 0) is 18.3 Å². The second-order valence-corrected chi connectivity index (χ2v) is 6.28. The molecule has 0 atom stereocenters. The maximum atomic E-state index is 12.3. The number of aryl methyl sites for hydroxylation is 2. The standard InChI is InChI=1S/C16H27N5O3/c1-19(11-8-18-16(23)24)13-5-9-21(10-6-13)15(22)4-3-14-17-7-12-20(14)2/h7,12-13,18H,3-6,8-11H2,1-2H3,(H,23,24). The first kappa shape index (κ1) is 18.3. The fourth-order valence-corrected chi connectivity index (χ4v) is 3.09. The molecule has 0 bridgehead atoms. The van der Waals surface area contributed by atoms with Gasteiger partial charge in [0.15, 0.2) is 0 Å². The van der Waals surface area contributed by atoms with Crippen molar-refractivity contribution in [2.75, 3.05) is 33.2 Å². The summed E-state index contributed by atoms with van der Waals surface area (Å²) in [4.78, 5) is 31.1. The molecule has 8 nitrogen and oxygen atoms in total. The number of carbonyl (C=O) groups is 2. The lowest BCUT2D eigenvalue weighted by atomic mass is 10.0. The summed E-state index contributed by atoms with van der Waals surface area (Å²) in [6.07, 6.45) is 5.67.